The van der Waals surface area contributed by atoms with Crippen molar-refractivity contribution in [3.05, 3.63) is 69.6 Å². The van der Waals surface area contributed by atoms with Gasteiger partial charge in [-0.2, -0.15) is 0 Å². The summed E-state index contributed by atoms with van der Waals surface area (Å²) in [7, 11) is 0. The Morgan fingerprint density at radius 3 is 2.47 bits per heavy atom. The van der Waals surface area contributed by atoms with Gasteiger partial charge in [0.2, 0.25) is 5.43 Å². The summed E-state index contributed by atoms with van der Waals surface area (Å²) in [5, 5.41) is 2.63. The van der Waals surface area contributed by atoms with Crippen molar-refractivity contribution >= 4 is 17.8 Å². The van der Waals surface area contributed by atoms with Crippen LogP contribution in [-0.2, 0) is 16.1 Å². The summed E-state index contributed by atoms with van der Waals surface area (Å²) in [6.45, 7) is 4.78. The van der Waals surface area contributed by atoms with Crippen LogP contribution in [0.5, 0.6) is 0 Å². The standard InChI is InChI=1S/C24H29N3O5/c1-3-25-22(29)18-15-26(14-17-10-6-5-7-11-17)16-19(21(18)28)23(30)27-13-9-8-12-20(27)24(31)32-4-2/h5-7,10-11,15-16,20H,3-4,8-9,12-14H2,1-2H3,(H,25,29)/t20-/m0/s1. The molecule has 1 aromatic heterocycles. The summed E-state index contributed by atoms with van der Waals surface area (Å²) in [6.07, 6.45) is 4.95. The van der Waals surface area contributed by atoms with Crippen molar-refractivity contribution in [1.29, 1.82) is 0 Å². The molecule has 32 heavy (non-hydrogen) atoms. The van der Waals surface area contributed by atoms with Crippen LogP contribution in [0.25, 0.3) is 0 Å². The molecule has 0 saturated carbocycles. The second kappa shape index (κ2) is 10.7. The number of rotatable bonds is 7. The van der Waals surface area contributed by atoms with E-state index in [9.17, 15) is 19.2 Å². The Hall–Kier alpha value is -3.42. The summed E-state index contributed by atoms with van der Waals surface area (Å²) in [5.74, 6) is -1.56. The van der Waals surface area contributed by atoms with Crippen LogP contribution in [0.2, 0.25) is 0 Å². The average Bonchev–Trinajstić information content (AvgIpc) is 2.80. The maximum Gasteiger partial charge on any atom is 0.328 e. The Morgan fingerprint density at radius 2 is 1.78 bits per heavy atom. The predicted molar refractivity (Wildman–Crippen MR) is 120 cm³/mol. The quantitative estimate of drug-likeness (QED) is 0.667. The van der Waals surface area contributed by atoms with E-state index in [1.165, 1.54) is 17.3 Å². The molecule has 8 heteroatoms. The third-order valence-corrected chi connectivity index (χ3v) is 5.42. The van der Waals surface area contributed by atoms with E-state index in [1.54, 1.807) is 18.4 Å². The van der Waals surface area contributed by atoms with Crippen LogP contribution in [0.3, 0.4) is 0 Å². The molecule has 2 amide bonds. The van der Waals surface area contributed by atoms with Crippen molar-refractivity contribution in [2.24, 2.45) is 0 Å². The number of piperidine rings is 1. The monoisotopic (exact) mass is 439 g/mol. The molecule has 1 aliphatic rings. The number of likely N-dealkylation sites (tertiary alicyclic amines) is 1. The molecule has 0 aliphatic carbocycles. The highest BCUT2D eigenvalue weighted by Crippen LogP contribution is 2.20. The fourth-order valence-corrected chi connectivity index (χ4v) is 3.90. The zero-order chi connectivity index (χ0) is 23.1. The first kappa shape index (κ1) is 23.2. The summed E-state index contributed by atoms with van der Waals surface area (Å²) in [5.41, 5.74) is 0.0939. The molecule has 0 unspecified atom stereocenters. The Balaban J connectivity index is 2.02. The van der Waals surface area contributed by atoms with Gasteiger partial charge in [0.1, 0.15) is 17.2 Å². The zero-order valence-corrected chi connectivity index (χ0v) is 18.5. The summed E-state index contributed by atoms with van der Waals surface area (Å²) in [6, 6.07) is 8.81. The Bertz CT molecular complexity index is 1030. The molecule has 2 aromatic rings. The first-order valence-corrected chi connectivity index (χ1v) is 11.0. The maximum absolute atomic E-state index is 13.5. The van der Waals surface area contributed by atoms with Crippen molar-refractivity contribution in [2.45, 2.75) is 45.7 Å². The highest BCUT2D eigenvalue weighted by Gasteiger charge is 2.35. The molecule has 1 aliphatic heterocycles. The zero-order valence-electron chi connectivity index (χ0n) is 18.5. The predicted octanol–water partition coefficient (Wildman–Crippen LogP) is 2.20. The van der Waals surface area contributed by atoms with Gasteiger partial charge in [-0.3, -0.25) is 14.4 Å². The van der Waals surface area contributed by atoms with Crippen molar-refractivity contribution in [3.63, 3.8) is 0 Å². The molecule has 8 nitrogen and oxygen atoms in total. The van der Waals surface area contributed by atoms with Gasteiger partial charge >= 0.3 is 5.97 Å². The maximum atomic E-state index is 13.5. The minimum atomic E-state index is -0.730. The number of ether oxygens (including phenoxy) is 1. The SMILES string of the molecule is CCNC(=O)c1cn(Cc2ccccc2)cc(C(=O)N2CCCC[C@H]2C(=O)OCC)c1=O. The highest BCUT2D eigenvalue weighted by atomic mass is 16.5. The Labute approximate surface area is 187 Å². The van der Waals surface area contributed by atoms with E-state index in [2.05, 4.69) is 5.32 Å². The summed E-state index contributed by atoms with van der Waals surface area (Å²) < 4.78 is 6.81. The molecule has 1 N–H and O–H groups in total. The van der Waals surface area contributed by atoms with Gasteiger partial charge in [-0.15, -0.1) is 0 Å². The normalized spacial score (nSPS) is 15.8. The van der Waals surface area contributed by atoms with Gasteiger partial charge in [0, 0.05) is 32.0 Å². The molecule has 170 valence electrons. The number of hydrogen-bond donors (Lipinski definition) is 1. The van der Waals surface area contributed by atoms with Gasteiger partial charge < -0.3 is 19.5 Å². The number of nitrogens with zero attached hydrogens (tertiary/aromatic N) is 2. The van der Waals surface area contributed by atoms with Gasteiger partial charge in [0.25, 0.3) is 11.8 Å². The minimum Gasteiger partial charge on any atom is -0.464 e. The number of esters is 1. The number of hydrogen-bond acceptors (Lipinski definition) is 5. The molecule has 3 rings (SSSR count). The van der Waals surface area contributed by atoms with Gasteiger partial charge in [0.15, 0.2) is 0 Å². The second-order valence-electron chi connectivity index (χ2n) is 7.69. The average molecular weight is 440 g/mol. The Kier molecular flexibility index (Phi) is 7.81. The van der Waals surface area contributed by atoms with Crippen LogP contribution in [0.1, 0.15) is 59.4 Å². The van der Waals surface area contributed by atoms with E-state index in [1.807, 2.05) is 30.3 Å². The van der Waals surface area contributed by atoms with Crippen LogP contribution in [-0.4, -0.2) is 53.0 Å². The number of benzene rings is 1. The third-order valence-electron chi connectivity index (χ3n) is 5.42. The summed E-state index contributed by atoms with van der Waals surface area (Å²) in [4.78, 5) is 53.0. The van der Waals surface area contributed by atoms with Gasteiger partial charge in [-0.05, 0) is 38.7 Å². The van der Waals surface area contributed by atoms with Crippen LogP contribution < -0.4 is 10.7 Å². The molecule has 0 bridgehead atoms. The first-order chi connectivity index (χ1) is 15.5. The fourth-order valence-electron chi connectivity index (χ4n) is 3.90. The van der Waals surface area contributed by atoms with E-state index < -0.39 is 29.3 Å². The topological polar surface area (TPSA) is 97.7 Å². The van der Waals surface area contributed by atoms with E-state index in [0.29, 0.717) is 26.1 Å². The molecule has 0 radical (unpaired) electrons. The van der Waals surface area contributed by atoms with E-state index in [0.717, 1.165) is 18.4 Å². The lowest BCUT2D eigenvalue weighted by Gasteiger charge is -2.34. The lowest BCUT2D eigenvalue weighted by molar-refractivity contribution is -0.149. The molecule has 2 heterocycles. The molecular weight excluding hydrogens is 410 g/mol. The minimum absolute atomic E-state index is 0.0988. The van der Waals surface area contributed by atoms with E-state index in [4.69, 9.17) is 4.74 Å². The molecule has 1 fully saturated rings. The van der Waals surface area contributed by atoms with Crippen LogP contribution in [0.15, 0.2) is 47.5 Å². The molecule has 1 saturated heterocycles. The second-order valence-corrected chi connectivity index (χ2v) is 7.69. The smallest absolute Gasteiger partial charge is 0.328 e. The number of pyridine rings is 1. The lowest BCUT2D eigenvalue weighted by atomic mass is 10.0. The molecule has 1 aromatic carbocycles. The third kappa shape index (κ3) is 5.25. The van der Waals surface area contributed by atoms with Crippen LogP contribution >= 0.6 is 0 Å². The largest absolute Gasteiger partial charge is 0.464 e. The van der Waals surface area contributed by atoms with Crippen molar-refractivity contribution in [1.82, 2.24) is 14.8 Å². The first-order valence-electron chi connectivity index (χ1n) is 11.0. The van der Waals surface area contributed by atoms with Gasteiger partial charge in [0.05, 0.1) is 6.61 Å². The fraction of sp³-hybridized carbons (Fsp3) is 0.417. The molecule has 1 atom stereocenters. The van der Waals surface area contributed by atoms with Crippen LogP contribution in [0, 0.1) is 0 Å². The number of aromatic nitrogens is 1. The number of carbonyl (C=O) groups excluding carboxylic acids is 3. The summed E-state index contributed by atoms with van der Waals surface area (Å²) >= 11 is 0. The molecular formula is C24H29N3O5. The van der Waals surface area contributed by atoms with Crippen molar-refractivity contribution in [2.75, 3.05) is 19.7 Å². The van der Waals surface area contributed by atoms with Crippen molar-refractivity contribution in [3.8, 4) is 0 Å². The lowest BCUT2D eigenvalue weighted by Crippen LogP contribution is -2.50. The van der Waals surface area contributed by atoms with Crippen molar-refractivity contribution < 1.29 is 19.1 Å². The number of amides is 2. The Morgan fingerprint density at radius 1 is 1.06 bits per heavy atom. The highest BCUT2D eigenvalue weighted by molar-refractivity contribution is 6.00. The van der Waals surface area contributed by atoms with Crippen LogP contribution in [0.4, 0.5) is 0 Å². The number of nitrogens with one attached hydrogen (secondary N) is 1. The van der Waals surface area contributed by atoms with E-state index >= 15 is 0 Å². The van der Waals surface area contributed by atoms with Gasteiger partial charge in [-0.25, -0.2) is 4.79 Å². The number of carbonyl (C=O) groups is 3. The van der Waals surface area contributed by atoms with E-state index in [-0.39, 0.29) is 17.7 Å². The molecule has 0 spiro atoms. The van der Waals surface area contributed by atoms with Gasteiger partial charge in [-0.1, -0.05) is 30.3 Å².